The van der Waals surface area contributed by atoms with Crippen LogP contribution in [0.3, 0.4) is 0 Å². The molecule has 90 valence electrons. The summed E-state index contributed by atoms with van der Waals surface area (Å²) in [7, 11) is 3.76. The lowest BCUT2D eigenvalue weighted by Gasteiger charge is -2.20. The van der Waals surface area contributed by atoms with E-state index in [0.29, 0.717) is 6.61 Å². The Bertz CT molecular complexity index is 297. The Kier molecular flexibility index (Phi) is 5.46. The summed E-state index contributed by atoms with van der Waals surface area (Å²) in [6, 6.07) is 8.68. The van der Waals surface area contributed by atoms with Crippen LogP contribution in [-0.4, -0.2) is 38.3 Å². The van der Waals surface area contributed by atoms with Gasteiger partial charge in [-0.25, -0.2) is 0 Å². The Morgan fingerprint density at radius 2 is 1.94 bits per heavy atom. The molecule has 0 heterocycles. The van der Waals surface area contributed by atoms with Crippen molar-refractivity contribution in [1.29, 1.82) is 0 Å². The third-order valence-corrected chi connectivity index (χ3v) is 2.50. The summed E-state index contributed by atoms with van der Waals surface area (Å²) in [6.45, 7) is 4.49. The topological polar surface area (TPSA) is 38.5 Å². The van der Waals surface area contributed by atoms with Gasteiger partial charge in [-0.2, -0.15) is 0 Å². The van der Waals surface area contributed by atoms with Crippen LogP contribution in [0.2, 0.25) is 0 Å². The first-order valence-electron chi connectivity index (χ1n) is 5.60. The second-order valence-corrected chi connectivity index (χ2v) is 4.40. The summed E-state index contributed by atoms with van der Waals surface area (Å²) in [5.41, 5.74) is 8.51. The lowest BCUT2D eigenvalue weighted by atomic mass is 10.1. The van der Waals surface area contributed by atoms with Crippen LogP contribution in [0.25, 0.3) is 0 Å². The maximum absolute atomic E-state index is 5.90. The van der Waals surface area contributed by atoms with Crippen molar-refractivity contribution in [2.75, 3.05) is 27.3 Å². The number of hydrogen-bond donors (Lipinski definition) is 1. The minimum absolute atomic E-state index is 0.0837. The summed E-state index contributed by atoms with van der Waals surface area (Å²) < 4.78 is 5.02. The van der Waals surface area contributed by atoms with Gasteiger partial charge in [-0.15, -0.1) is 0 Å². The van der Waals surface area contributed by atoms with Gasteiger partial charge in [0.05, 0.1) is 6.61 Å². The SMILES string of the molecule is COCC(N)CN(C)Cc1ccc(C)cc1. The molecule has 1 aromatic rings. The number of nitrogens with two attached hydrogens (primary N) is 1. The van der Waals surface area contributed by atoms with Gasteiger partial charge in [0.15, 0.2) is 0 Å². The molecule has 0 aliphatic heterocycles. The van der Waals surface area contributed by atoms with Crippen LogP contribution < -0.4 is 5.73 Å². The van der Waals surface area contributed by atoms with Crippen molar-refractivity contribution >= 4 is 0 Å². The standard InChI is InChI=1S/C13H22N2O/c1-11-4-6-12(7-5-11)8-15(2)9-13(14)10-16-3/h4-7,13H,8-10,14H2,1-3H3. The normalized spacial score (nSPS) is 13.1. The van der Waals surface area contributed by atoms with Crippen LogP contribution in [0.1, 0.15) is 11.1 Å². The van der Waals surface area contributed by atoms with E-state index >= 15 is 0 Å². The van der Waals surface area contributed by atoms with Crippen molar-refractivity contribution in [3.63, 3.8) is 0 Å². The number of ether oxygens (including phenoxy) is 1. The van der Waals surface area contributed by atoms with Gasteiger partial charge < -0.3 is 15.4 Å². The first kappa shape index (κ1) is 13.2. The highest BCUT2D eigenvalue weighted by Gasteiger charge is 2.06. The number of methoxy groups -OCH3 is 1. The van der Waals surface area contributed by atoms with Gasteiger partial charge in [0.2, 0.25) is 0 Å². The smallest absolute Gasteiger partial charge is 0.0626 e. The first-order chi connectivity index (χ1) is 7.61. The van der Waals surface area contributed by atoms with Crippen molar-refractivity contribution in [3.8, 4) is 0 Å². The fourth-order valence-corrected chi connectivity index (χ4v) is 1.74. The van der Waals surface area contributed by atoms with Gasteiger partial charge in [-0.05, 0) is 19.5 Å². The summed E-state index contributed by atoms with van der Waals surface area (Å²) in [5.74, 6) is 0. The maximum atomic E-state index is 5.90. The number of benzene rings is 1. The Labute approximate surface area is 98.2 Å². The summed E-state index contributed by atoms with van der Waals surface area (Å²) in [4.78, 5) is 2.22. The Balaban J connectivity index is 2.39. The molecule has 2 N–H and O–H groups in total. The second kappa shape index (κ2) is 6.63. The van der Waals surface area contributed by atoms with E-state index < -0.39 is 0 Å². The van der Waals surface area contributed by atoms with E-state index in [0.717, 1.165) is 13.1 Å². The molecule has 0 aliphatic rings. The summed E-state index contributed by atoms with van der Waals surface area (Å²) in [5, 5.41) is 0. The average molecular weight is 222 g/mol. The highest BCUT2D eigenvalue weighted by molar-refractivity contribution is 5.21. The molecule has 0 bridgehead atoms. The van der Waals surface area contributed by atoms with Crippen molar-refractivity contribution < 1.29 is 4.74 Å². The zero-order valence-corrected chi connectivity index (χ0v) is 10.4. The molecule has 3 heteroatoms. The van der Waals surface area contributed by atoms with E-state index in [1.165, 1.54) is 11.1 Å². The minimum atomic E-state index is 0.0837. The van der Waals surface area contributed by atoms with Crippen LogP contribution in [0.15, 0.2) is 24.3 Å². The predicted molar refractivity (Wildman–Crippen MR) is 67.4 cm³/mol. The van der Waals surface area contributed by atoms with Gasteiger partial charge in [-0.1, -0.05) is 29.8 Å². The summed E-state index contributed by atoms with van der Waals surface area (Å²) in [6.07, 6.45) is 0. The third kappa shape index (κ3) is 4.75. The van der Waals surface area contributed by atoms with E-state index in [1.807, 2.05) is 0 Å². The first-order valence-corrected chi connectivity index (χ1v) is 5.60. The van der Waals surface area contributed by atoms with Crippen LogP contribution >= 0.6 is 0 Å². The van der Waals surface area contributed by atoms with Crippen LogP contribution in [0.4, 0.5) is 0 Å². The van der Waals surface area contributed by atoms with Crippen LogP contribution in [-0.2, 0) is 11.3 Å². The van der Waals surface area contributed by atoms with E-state index in [9.17, 15) is 0 Å². The van der Waals surface area contributed by atoms with Crippen molar-refractivity contribution in [3.05, 3.63) is 35.4 Å². The predicted octanol–water partition coefficient (Wildman–Crippen LogP) is 1.40. The lowest BCUT2D eigenvalue weighted by molar-refractivity contribution is 0.160. The number of hydrogen-bond acceptors (Lipinski definition) is 3. The van der Waals surface area contributed by atoms with Gasteiger partial charge >= 0.3 is 0 Å². The zero-order chi connectivity index (χ0) is 12.0. The van der Waals surface area contributed by atoms with Crippen molar-refractivity contribution in [2.24, 2.45) is 5.73 Å². The molecule has 0 amide bonds. The van der Waals surface area contributed by atoms with E-state index in [2.05, 4.69) is 43.1 Å². The number of rotatable bonds is 6. The second-order valence-electron chi connectivity index (χ2n) is 4.40. The Morgan fingerprint density at radius 1 is 1.31 bits per heavy atom. The number of aryl methyl sites for hydroxylation is 1. The molecule has 1 aromatic carbocycles. The van der Waals surface area contributed by atoms with E-state index in [1.54, 1.807) is 7.11 Å². The minimum Gasteiger partial charge on any atom is -0.383 e. The van der Waals surface area contributed by atoms with E-state index in [4.69, 9.17) is 10.5 Å². The van der Waals surface area contributed by atoms with Gasteiger partial charge in [0.1, 0.15) is 0 Å². The Morgan fingerprint density at radius 3 is 2.50 bits per heavy atom. The van der Waals surface area contributed by atoms with Crippen molar-refractivity contribution in [1.82, 2.24) is 4.90 Å². The molecule has 3 nitrogen and oxygen atoms in total. The third-order valence-electron chi connectivity index (χ3n) is 2.50. The molecule has 0 fully saturated rings. The monoisotopic (exact) mass is 222 g/mol. The van der Waals surface area contributed by atoms with Crippen LogP contribution in [0.5, 0.6) is 0 Å². The largest absolute Gasteiger partial charge is 0.383 e. The zero-order valence-electron chi connectivity index (χ0n) is 10.4. The highest BCUT2D eigenvalue weighted by atomic mass is 16.5. The molecule has 0 saturated carbocycles. The quantitative estimate of drug-likeness (QED) is 0.790. The molecule has 16 heavy (non-hydrogen) atoms. The highest BCUT2D eigenvalue weighted by Crippen LogP contribution is 2.05. The van der Waals surface area contributed by atoms with Gasteiger partial charge in [-0.3, -0.25) is 0 Å². The average Bonchev–Trinajstić information content (AvgIpc) is 2.21. The molecular formula is C13H22N2O. The fraction of sp³-hybridized carbons (Fsp3) is 0.538. The molecule has 1 atom stereocenters. The van der Waals surface area contributed by atoms with Crippen LogP contribution in [0, 0.1) is 6.92 Å². The fourth-order valence-electron chi connectivity index (χ4n) is 1.74. The lowest BCUT2D eigenvalue weighted by Crippen LogP contribution is -2.38. The molecule has 0 aromatic heterocycles. The van der Waals surface area contributed by atoms with E-state index in [-0.39, 0.29) is 6.04 Å². The molecule has 0 radical (unpaired) electrons. The van der Waals surface area contributed by atoms with Gasteiger partial charge in [0, 0.05) is 26.2 Å². The molecule has 1 rings (SSSR count). The van der Waals surface area contributed by atoms with Crippen molar-refractivity contribution in [2.45, 2.75) is 19.5 Å². The summed E-state index contributed by atoms with van der Waals surface area (Å²) >= 11 is 0. The molecule has 1 unspecified atom stereocenters. The maximum Gasteiger partial charge on any atom is 0.0626 e. The molecular weight excluding hydrogens is 200 g/mol. The number of likely N-dealkylation sites (N-methyl/N-ethyl adjacent to an activating group) is 1. The molecule has 0 spiro atoms. The van der Waals surface area contributed by atoms with Gasteiger partial charge in [0.25, 0.3) is 0 Å². The molecule has 0 aliphatic carbocycles. The molecule has 0 saturated heterocycles. The Hall–Kier alpha value is -0.900. The number of nitrogens with zero attached hydrogens (tertiary/aromatic N) is 1.